The zero-order chi connectivity index (χ0) is 17.8. The molecule has 6 nitrogen and oxygen atoms in total. The molecule has 0 unspecified atom stereocenters. The highest BCUT2D eigenvalue weighted by Crippen LogP contribution is 2.25. The standard InChI is InChI=1S/C17H17N3O3S2/c1-3-23-14(21)7-11-8-24-17(18-11)25-9-13-19-15-10(2)5-4-6-12(15)16(22)20-13/h4-6,8H,3,7,9H2,1-2H3,(H,19,20,22). The van der Waals surface area contributed by atoms with Crippen molar-refractivity contribution in [3.05, 3.63) is 51.0 Å². The minimum atomic E-state index is -0.277. The summed E-state index contributed by atoms with van der Waals surface area (Å²) in [5.74, 6) is 0.839. The van der Waals surface area contributed by atoms with Crippen LogP contribution in [0.4, 0.5) is 0 Å². The van der Waals surface area contributed by atoms with E-state index in [2.05, 4.69) is 15.0 Å². The first-order valence-corrected chi connectivity index (χ1v) is 9.64. The SMILES string of the molecule is CCOC(=O)Cc1csc(SCc2nc3c(C)cccc3c(=O)[nH]2)n1. The van der Waals surface area contributed by atoms with E-state index in [1.165, 1.54) is 23.1 Å². The normalized spacial score (nSPS) is 11.0. The molecule has 0 spiro atoms. The van der Waals surface area contributed by atoms with Crippen LogP contribution in [0, 0.1) is 6.92 Å². The fraction of sp³-hybridized carbons (Fsp3) is 0.294. The van der Waals surface area contributed by atoms with Crippen LogP contribution in [0.3, 0.4) is 0 Å². The van der Waals surface area contributed by atoms with Crippen molar-refractivity contribution in [2.75, 3.05) is 6.61 Å². The number of H-pyrrole nitrogens is 1. The van der Waals surface area contributed by atoms with Crippen molar-refractivity contribution in [3.8, 4) is 0 Å². The molecule has 0 aliphatic heterocycles. The average molecular weight is 375 g/mol. The Balaban J connectivity index is 1.71. The fourth-order valence-electron chi connectivity index (χ4n) is 2.35. The number of carbonyl (C=O) groups is 1. The lowest BCUT2D eigenvalue weighted by Gasteiger charge is -2.04. The maximum atomic E-state index is 12.2. The monoisotopic (exact) mass is 375 g/mol. The molecule has 25 heavy (non-hydrogen) atoms. The van der Waals surface area contributed by atoms with E-state index in [4.69, 9.17) is 4.74 Å². The number of aryl methyl sites for hydroxylation is 1. The molecule has 0 fully saturated rings. The van der Waals surface area contributed by atoms with Crippen molar-refractivity contribution in [2.45, 2.75) is 30.4 Å². The van der Waals surface area contributed by atoms with Gasteiger partial charge in [-0.2, -0.15) is 0 Å². The Labute approximate surface area is 152 Å². The molecular formula is C17H17N3O3S2. The van der Waals surface area contributed by atoms with Gasteiger partial charge in [0.1, 0.15) is 5.82 Å². The van der Waals surface area contributed by atoms with E-state index in [1.54, 1.807) is 13.0 Å². The highest BCUT2D eigenvalue weighted by atomic mass is 32.2. The van der Waals surface area contributed by atoms with Gasteiger partial charge in [-0.3, -0.25) is 9.59 Å². The molecular weight excluding hydrogens is 358 g/mol. The predicted octanol–water partition coefficient (Wildman–Crippen LogP) is 3.09. The minimum absolute atomic E-state index is 0.133. The third kappa shape index (κ3) is 4.26. The second-order valence-electron chi connectivity index (χ2n) is 5.36. The molecule has 0 atom stereocenters. The number of aromatic amines is 1. The lowest BCUT2D eigenvalue weighted by molar-refractivity contribution is -0.142. The number of benzene rings is 1. The van der Waals surface area contributed by atoms with Gasteiger partial charge in [-0.25, -0.2) is 9.97 Å². The number of fused-ring (bicyclic) bond motifs is 1. The highest BCUT2D eigenvalue weighted by Gasteiger charge is 2.10. The Morgan fingerprint density at radius 3 is 3.00 bits per heavy atom. The molecule has 0 saturated heterocycles. The third-order valence-electron chi connectivity index (χ3n) is 3.48. The number of nitrogens with one attached hydrogen (secondary N) is 1. The Bertz CT molecular complexity index is 965. The van der Waals surface area contributed by atoms with Gasteiger partial charge in [-0.05, 0) is 25.5 Å². The molecule has 0 amide bonds. The van der Waals surface area contributed by atoms with Crippen molar-refractivity contribution in [1.82, 2.24) is 15.0 Å². The van der Waals surface area contributed by atoms with Crippen LogP contribution in [0.2, 0.25) is 0 Å². The van der Waals surface area contributed by atoms with Gasteiger partial charge in [0.05, 0.1) is 35.4 Å². The number of para-hydroxylation sites is 1. The Kier molecular flexibility index (Phi) is 5.50. The Morgan fingerprint density at radius 1 is 1.36 bits per heavy atom. The van der Waals surface area contributed by atoms with E-state index >= 15 is 0 Å². The highest BCUT2D eigenvalue weighted by molar-refractivity contribution is 8.00. The van der Waals surface area contributed by atoms with Gasteiger partial charge >= 0.3 is 5.97 Å². The van der Waals surface area contributed by atoms with E-state index in [0.29, 0.717) is 29.3 Å². The summed E-state index contributed by atoms with van der Waals surface area (Å²) in [6, 6.07) is 5.56. The van der Waals surface area contributed by atoms with E-state index in [9.17, 15) is 9.59 Å². The molecule has 3 rings (SSSR count). The smallest absolute Gasteiger partial charge is 0.311 e. The number of hydrogen-bond acceptors (Lipinski definition) is 7. The summed E-state index contributed by atoms with van der Waals surface area (Å²) in [4.78, 5) is 35.4. The topological polar surface area (TPSA) is 84.9 Å². The molecule has 2 aromatic heterocycles. The predicted molar refractivity (Wildman–Crippen MR) is 99.1 cm³/mol. The Hall–Kier alpha value is -2.19. The Morgan fingerprint density at radius 2 is 2.20 bits per heavy atom. The second kappa shape index (κ2) is 7.79. The quantitative estimate of drug-likeness (QED) is 0.526. The van der Waals surface area contributed by atoms with Gasteiger partial charge in [0.2, 0.25) is 0 Å². The van der Waals surface area contributed by atoms with Gasteiger partial charge in [-0.1, -0.05) is 23.9 Å². The first-order chi connectivity index (χ1) is 12.1. The number of thiazole rings is 1. The van der Waals surface area contributed by atoms with Gasteiger partial charge in [0, 0.05) is 5.38 Å². The molecule has 1 aromatic carbocycles. The van der Waals surface area contributed by atoms with Gasteiger partial charge in [-0.15, -0.1) is 11.3 Å². The number of esters is 1. The number of rotatable bonds is 6. The molecule has 0 radical (unpaired) electrons. The van der Waals surface area contributed by atoms with Crippen LogP contribution >= 0.6 is 23.1 Å². The van der Waals surface area contributed by atoms with Crippen molar-refractivity contribution < 1.29 is 9.53 Å². The number of thioether (sulfide) groups is 1. The maximum Gasteiger partial charge on any atom is 0.311 e. The molecule has 3 aromatic rings. The van der Waals surface area contributed by atoms with E-state index in [1.807, 2.05) is 24.4 Å². The molecule has 8 heteroatoms. The number of nitrogens with zero attached hydrogens (tertiary/aromatic N) is 2. The molecule has 1 N–H and O–H groups in total. The van der Waals surface area contributed by atoms with E-state index < -0.39 is 0 Å². The number of hydrogen-bond donors (Lipinski definition) is 1. The number of aromatic nitrogens is 3. The first kappa shape index (κ1) is 17.6. The second-order valence-corrected chi connectivity index (χ2v) is 7.44. The van der Waals surface area contributed by atoms with Gasteiger partial charge < -0.3 is 9.72 Å². The van der Waals surface area contributed by atoms with Crippen LogP contribution in [0.15, 0.2) is 32.7 Å². The van der Waals surface area contributed by atoms with Crippen molar-refractivity contribution >= 4 is 40.0 Å². The summed E-state index contributed by atoms with van der Waals surface area (Å²) in [5, 5.41) is 2.44. The molecule has 2 heterocycles. The van der Waals surface area contributed by atoms with Crippen LogP contribution in [0.25, 0.3) is 10.9 Å². The van der Waals surface area contributed by atoms with Crippen LogP contribution in [-0.4, -0.2) is 27.5 Å². The van der Waals surface area contributed by atoms with Crippen molar-refractivity contribution in [3.63, 3.8) is 0 Å². The van der Waals surface area contributed by atoms with E-state index in [-0.39, 0.29) is 17.9 Å². The lowest BCUT2D eigenvalue weighted by Crippen LogP contribution is -2.11. The molecule has 0 bridgehead atoms. The zero-order valence-corrected chi connectivity index (χ0v) is 15.5. The van der Waals surface area contributed by atoms with Crippen LogP contribution in [0.1, 0.15) is 24.0 Å². The average Bonchev–Trinajstić information content (AvgIpc) is 3.01. The number of ether oxygens (including phenoxy) is 1. The van der Waals surface area contributed by atoms with Crippen LogP contribution in [0.5, 0.6) is 0 Å². The summed E-state index contributed by atoms with van der Waals surface area (Å²) in [5.41, 5.74) is 2.26. The molecule has 0 aliphatic carbocycles. The third-order valence-corrected chi connectivity index (χ3v) is 5.56. The minimum Gasteiger partial charge on any atom is -0.466 e. The lowest BCUT2D eigenvalue weighted by atomic mass is 10.1. The first-order valence-electron chi connectivity index (χ1n) is 7.78. The summed E-state index contributed by atoms with van der Waals surface area (Å²) in [6.45, 7) is 4.08. The van der Waals surface area contributed by atoms with Crippen molar-refractivity contribution in [1.29, 1.82) is 0 Å². The van der Waals surface area contributed by atoms with Crippen LogP contribution < -0.4 is 5.56 Å². The zero-order valence-electron chi connectivity index (χ0n) is 13.9. The summed E-state index contributed by atoms with van der Waals surface area (Å²) < 4.78 is 5.74. The summed E-state index contributed by atoms with van der Waals surface area (Å²) >= 11 is 2.94. The van der Waals surface area contributed by atoms with Crippen molar-refractivity contribution in [2.24, 2.45) is 0 Å². The fourth-order valence-corrected chi connectivity index (χ4v) is 4.06. The molecule has 0 saturated carbocycles. The molecule has 130 valence electrons. The maximum absolute atomic E-state index is 12.2. The largest absolute Gasteiger partial charge is 0.466 e. The van der Waals surface area contributed by atoms with E-state index in [0.717, 1.165) is 15.4 Å². The number of carbonyl (C=O) groups excluding carboxylic acids is 1. The summed E-state index contributed by atoms with van der Waals surface area (Å²) in [7, 11) is 0. The van der Waals surface area contributed by atoms with Crippen LogP contribution in [-0.2, 0) is 21.7 Å². The van der Waals surface area contributed by atoms with Gasteiger partial charge in [0.15, 0.2) is 4.34 Å². The molecule has 0 aliphatic rings. The van der Waals surface area contributed by atoms with Gasteiger partial charge in [0.25, 0.3) is 5.56 Å². The summed E-state index contributed by atoms with van der Waals surface area (Å²) in [6.07, 6.45) is 0.176.